The molecule has 0 radical (unpaired) electrons. The minimum atomic E-state index is -0.411. The average molecular weight is 398 g/mol. The van der Waals surface area contributed by atoms with Crippen molar-refractivity contribution in [1.29, 1.82) is 0 Å². The van der Waals surface area contributed by atoms with E-state index in [1.165, 1.54) is 0 Å². The quantitative estimate of drug-likeness (QED) is 0.592. The predicted molar refractivity (Wildman–Crippen MR) is 113 cm³/mol. The maximum atomic E-state index is 12.9. The van der Waals surface area contributed by atoms with Crippen molar-refractivity contribution in [1.82, 2.24) is 20.5 Å². The van der Waals surface area contributed by atoms with Crippen molar-refractivity contribution in [3.05, 3.63) is 36.5 Å². The topological polar surface area (TPSA) is 91.9 Å². The zero-order valence-electron chi connectivity index (χ0n) is 15.9. The largest absolute Gasteiger partial charge is 0.478 e. The summed E-state index contributed by atoms with van der Waals surface area (Å²) < 4.78 is 5.09. The number of nitrogens with zero attached hydrogens (tertiary/aromatic N) is 2. The number of carbonyl (C=O) groups excluding carboxylic acids is 1. The van der Waals surface area contributed by atoms with Gasteiger partial charge < -0.3 is 15.4 Å². The number of benzene rings is 1. The van der Waals surface area contributed by atoms with Crippen LogP contribution in [0.25, 0.3) is 22.2 Å². The van der Waals surface area contributed by atoms with E-state index in [2.05, 4.69) is 25.8 Å². The lowest BCUT2D eigenvalue weighted by Crippen LogP contribution is -2.41. The molecule has 3 heterocycles. The van der Waals surface area contributed by atoms with Gasteiger partial charge in [-0.15, -0.1) is 11.8 Å². The Morgan fingerprint density at radius 3 is 3.00 bits per heavy atom. The highest BCUT2D eigenvalue weighted by molar-refractivity contribution is 8.00. The molecule has 1 aliphatic heterocycles. The number of hydrogen-bond donors (Lipinski definition) is 3. The third kappa shape index (κ3) is 3.45. The maximum Gasteiger partial charge on any atom is 0.241 e. The molecular weight excluding hydrogens is 374 g/mol. The fourth-order valence-electron chi connectivity index (χ4n) is 3.47. The van der Waals surface area contributed by atoms with Gasteiger partial charge in [-0.05, 0) is 50.4 Å². The number of anilines is 1. The molecule has 1 aromatic carbocycles. The van der Waals surface area contributed by atoms with Gasteiger partial charge in [0, 0.05) is 35.4 Å². The lowest BCUT2D eigenvalue weighted by Gasteiger charge is -2.24. The van der Waals surface area contributed by atoms with Crippen LogP contribution in [0.2, 0.25) is 0 Å². The molecule has 0 saturated carbocycles. The lowest BCUT2D eigenvalue weighted by molar-refractivity contribution is -0.118. The number of H-pyrrole nitrogens is 1. The number of amides is 1. The molecule has 28 heavy (non-hydrogen) atoms. The number of thioether (sulfide) groups is 1. The Morgan fingerprint density at radius 2 is 2.25 bits per heavy atom. The molecule has 1 unspecified atom stereocenters. The van der Waals surface area contributed by atoms with Gasteiger partial charge in [-0.3, -0.25) is 9.89 Å². The van der Waals surface area contributed by atoms with Crippen LogP contribution in [0.1, 0.15) is 13.3 Å². The molecule has 1 fully saturated rings. The molecule has 1 saturated heterocycles. The van der Waals surface area contributed by atoms with Gasteiger partial charge in [0.1, 0.15) is 10.4 Å². The number of nitrogens with one attached hydrogen (secondary N) is 3. The first kappa shape index (κ1) is 18.8. The Balaban J connectivity index is 1.65. The molecule has 3 aromatic rings. The van der Waals surface area contributed by atoms with Crippen LogP contribution in [-0.4, -0.2) is 51.8 Å². The second-order valence-corrected chi connectivity index (χ2v) is 7.92. The van der Waals surface area contributed by atoms with Crippen molar-refractivity contribution in [2.24, 2.45) is 0 Å². The molecule has 146 valence electrons. The lowest BCUT2D eigenvalue weighted by atomic mass is 10.1. The molecule has 3 N–H and O–H groups in total. The van der Waals surface area contributed by atoms with Crippen molar-refractivity contribution in [3.63, 3.8) is 0 Å². The average Bonchev–Trinajstić information content (AvgIpc) is 3.36. The third-order valence-corrected chi connectivity index (χ3v) is 6.36. The second kappa shape index (κ2) is 7.81. The van der Waals surface area contributed by atoms with Gasteiger partial charge in [0.25, 0.3) is 0 Å². The monoisotopic (exact) mass is 397 g/mol. The van der Waals surface area contributed by atoms with Gasteiger partial charge >= 0.3 is 0 Å². The van der Waals surface area contributed by atoms with E-state index in [9.17, 15) is 4.79 Å². The van der Waals surface area contributed by atoms with Gasteiger partial charge in [0.2, 0.25) is 11.8 Å². The molecule has 4 rings (SSSR count). The van der Waals surface area contributed by atoms with Gasteiger partial charge in [-0.2, -0.15) is 5.10 Å². The van der Waals surface area contributed by atoms with Gasteiger partial charge in [0.15, 0.2) is 0 Å². The fraction of sp³-hybridized carbons (Fsp3) is 0.350. The summed E-state index contributed by atoms with van der Waals surface area (Å²) in [6.07, 6.45) is 4.53. The Kier molecular flexibility index (Phi) is 5.23. The van der Waals surface area contributed by atoms with Crippen molar-refractivity contribution in [3.8, 4) is 17.1 Å². The molecule has 1 atom stereocenters. The molecule has 2 aromatic heterocycles. The van der Waals surface area contributed by atoms with Crippen molar-refractivity contribution in [2.75, 3.05) is 31.3 Å². The number of pyridine rings is 1. The minimum absolute atomic E-state index is 0.0388. The Morgan fingerprint density at radius 1 is 1.36 bits per heavy atom. The van der Waals surface area contributed by atoms with Crippen molar-refractivity contribution >= 4 is 34.3 Å². The van der Waals surface area contributed by atoms with Crippen LogP contribution in [0.5, 0.6) is 5.88 Å². The van der Waals surface area contributed by atoms with Crippen molar-refractivity contribution in [2.45, 2.75) is 18.1 Å². The normalized spacial score (nSPS) is 19.1. The van der Waals surface area contributed by atoms with Gasteiger partial charge in [0.05, 0.1) is 12.1 Å². The van der Waals surface area contributed by atoms with Gasteiger partial charge in [-0.1, -0.05) is 0 Å². The maximum absolute atomic E-state index is 12.9. The highest BCUT2D eigenvalue weighted by atomic mass is 32.2. The van der Waals surface area contributed by atoms with E-state index in [4.69, 9.17) is 4.74 Å². The molecule has 0 spiro atoms. The molecule has 0 bridgehead atoms. The molecular formula is C20H23N5O2S. The zero-order valence-corrected chi connectivity index (χ0v) is 16.7. The Hall–Kier alpha value is -2.58. The number of hydrogen-bond acceptors (Lipinski definition) is 6. The van der Waals surface area contributed by atoms with E-state index in [0.29, 0.717) is 19.0 Å². The molecule has 1 aliphatic rings. The molecule has 1 amide bonds. The van der Waals surface area contributed by atoms with Crippen LogP contribution in [0.15, 0.2) is 36.5 Å². The number of carbonyl (C=O) groups is 1. The fourth-order valence-corrected chi connectivity index (χ4v) is 4.26. The van der Waals surface area contributed by atoms with E-state index in [0.717, 1.165) is 40.8 Å². The summed E-state index contributed by atoms with van der Waals surface area (Å²) in [5.41, 5.74) is 3.38. The highest BCUT2D eigenvalue weighted by Crippen LogP contribution is 2.33. The zero-order chi connectivity index (χ0) is 19.6. The molecule has 7 nitrogen and oxygen atoms in total. The van der Waals surface area contributed by atoms with Crippen LogP contribution in [0, 0.1) is 0 Å². The smallest absolute Gasteiger partial charge is 0.241 e. The van der Waals surface area contributed by atoms with Crippen LogP contribution in [0.4, 0.5) is 5.69 Å². The Bertz CT molecular complexity index is 997. The first-order valence-corrected chi connectivity index (χ1v) is 10.5. The first-order chi connectivity index (χ1) is 13.6. The minimum Gasteiger partial charge on any atom is -0.478 e. The number of ether oxygens (including phenoxy) is 1. The SMILES string of the molecule is CCOc1cc(-c2n[nH]c3ccc(NC(=O)C4(SC)CCNC4)cc23)ccn1. The van der Waals surface area contributed by atoms with E-state index < -0.39 is 4.75 Å². The van der Waals surface area contributed by atoms with Crippen LogP contribution >= 0.6 is 11.8 Å². The van der Waals surface area contributed by atoms with E-state index in [1.54, 1.807) is 18.0 Å². The molecule has 8 heteroatoms. The Labute approximate surface area is 167 Å². The number of aromatic nitrogens is 3. The standard InChI is InChI=1S/C20H23N5O2S/c1-3-27-17-10-13(6-8-22-17)18-15-11-14(4-5-16(15)24-25-18)23-19(26)20(28-2)7-9-21-12-20/h4-6,8,10-11,21H,3,7,9,12H2,1-2H3,(H,23,26)(H,24,25). The molecule has 0 aliphatic carbocycles. The summed E-state index contributed by atoms with van der Waals surface area (Å²) in [6.45, 7) is 4.04. The first-order valence-electron chi connectivity index (χ1n) is 9.30. The summed E-state index contributed by atoms with van der Waals surface area (Å²) in [7, 11) is 0. The number of rotatable bonds is 6. The summed E-state index contributed by atoms with van der Waals surface area (Å²) in [4.78, 5) is 17.1. The van der Waals surface area contributed by atoms with E-state index in [1.807, 2.05) is 43.5 Å². The van der Waals surface area contributed by atoms with Crippen LogP contribution < -0.4 is 15.4 Å². The van der Waals surface area contributed by atoms with E-state index >= 15 is 0 Å². The summed E-state index contributed by atoms with van der Waals surface area (Å²) >= 11 is 1.60. The highest BCUT2D eigenvalue weighted by Gasteiger charge is 2.40. The summed E-state index contributed by atoms with van der Waals surface area (Å²) in [6, 6.07) is 9.57. The van der Waals surface area contributed by atoms with Crippen LogP contribution in [0.3, 0.4) is 0 Å². The summed E-state index contributed by atoms with van der Waals surface area (Å²) in [5.74, 6) is 0.605. The van der Waals surface area contributed by atoms with E-state index in [-0.39, 0.29) is 5.91 Å². The predicted octanol–water partition coefficient (Wildman–Crippen LogP) is 3.06. The number of aromatic amines is 1. The van der Waals surface area contributed by atoms with Crippen molar-refractivity contribution < 1.29 is 9.53 Å². The van der Waals surface area contributed by atoms with Crippen LogP contribution in [-0.2, 0) is 4.79 Å². The number of fused-ring (bicyclic) bond motifs is 1. The second-order valence-electron chi connectivity index (χ2n) is 6.73. The third-order valence-electron chi connectivity index (χ3n) is 5.04. The van der Waals surface area contributed by atoms with Gasteiger partial charge in [-0.25, -0.2) is 4.98 Å². The summed E-state index contributed by atoms with van der Waals surface area (Å²) in [5, 5.41) is 14.8.